The number of halogens is 1. The van der Waals surface area contributed by atoms with Gasteiger partial charge in [0.05, 0.1) is 6.10 Å². The number of hydrogen-bond donors (Lipinski definition) is 2. The average Bonchev–Trinajstić information content (AvgIpc) is 3.01. The van der Waals surface area contributed by atoms with E-state index in [0.29, 0.717) is 11.3 Å². The molecule has 1 fully saturated rings. The minimum absolute atomic E-state index is 0.128. The van der Waals surface area contributed by atoms with Crippen molar-refractivity contribution >= 4 is 17.7 Å². The standard InChI is InChI=1S/C21H24FNO4S/c1-13-10-18(27-20(13)19(23-2)21(24)25)28-16-8-5-7-15(11-16)26-12-14-6-3-4-9-17(14)22/h3-9,11,13,18-20,23H,10,12H2,1-2H3,(H,24,25)/t13-,18?,19?,20-/m1/s1. The number of ether oxygens (including phenoxy) is 2. The lowest BCUT2D eigenvalue weighted by atomic mass is 9.98. The number of thioether (sulfide) groups is 1. The molecule has 2 aromatic carbocycles. The van der Waals surface area contributed by atoms with E-state index in [2.05, 4.69) is 5.32 Å². The van der Waals surface area contributed by atoms with E-state index in [-0.39, 0.29) is 29.9 Å². The van der Waals surface area contributed by atoms with Gasteiger partial charge < -0.3 is 19.9 Å². The fraction of sp³-hybridized carbons (Fsp3) is 0.381. The summed E-state index contributed by atoms with van der Waals surface area (Å²) >= 11 is 1.54. The first kappa shape index (κ1) is 20.6. The number of aliphatic carboxylic acids is 1. The van der Waals surface area contributed by atoms with Crippen LogP contribution in [0.4, 0.5) is 4.39 Å². The Morgan fingerprint density at radius 3 is 2.86 bits per heavy atom. The molecule has 4 atom stereocenters. The lowest BCUT2D eigenvalue weighted by Crippen LogP contribution is -2.46. The van der Waals surface area contributed by atoms with Crippen molar-refractivity contribution in [3.05, 3.63) is 59.9 Å². The van der Waals surface area contributed by atoms with Crippen LogP contribution in [0.15, 0.2) is 53.4 Å². The molecule has 0 radical (unpaired) electrons. The average molecular weight is 405 g/mol. The van der Waals surface area contributed by atoms with E-state index in [9.17, 15) is 14.3 Å². The van der Waals surface area contributed by atoms with Crippen molar-refractivity contribution in [2.75, 3.05) is 7.05 Å². The molecule has 0 aliphatic carbocycles. The van der Waals surface area contributed by atoms with Gasteiger partial charge in [0.2, 0.25) is 0 Å². The molecule has 2 unspecified atom stereocenters. The molecule has 2 N–H and O–H groups in total. The molecule has 1 heterocycles. The Kier molecular flexibility index (Phi) is 6.93. The van der Waals surface area contributed by atoms with Crippen LogP contribution in [0.1, 0.15) is 18.9 Å². The van der Waals surface area contributed by atoms with Crippen molar-refractivity contribution in [1.82, 2.24) is 5.32 Å². The number of carboxylic acids is 1. The van der Waals surface area contributed by atoms with Crippen LogP contribution in [-0.2, 0) is 16.1 Å². The van der Waals surface area contributed by atoms with Crippen LogP contribution in [0.3, 0.4) is 0 Å². The van der Waals surface area contributed by atoms with E-state index in [4.69, 9.17) is 9.47 Å². The quantitative estimate of drug-likeness (QED) is 0.694. The number of likely N-dealkylation sites (N-methyl/N-ethyl adjacent to an activating group) is 1. The van der Waals surface area contributed by atoms with E-state index in [1.165, 1.54) is 6.07 Å². The third-order valence-electron chi connectivity index (χ3n) is 4.76. The first-order chi connectivity index (χ1) is 13.5. The summed E-state index contributed by atoms with van der Waals surface area (Å²) in [5.74, 6) is -0.417. The lowest BCUT2D eigenvalue weighted by molar-refractivity contribution is -0.143. The fourth-order valence-electron chi connectivity index (χ4n) is 3.28. The fourth-order valence-corrected chi connectivity index (χ4v) is 4.51. The molecule has 5 nitrogen and oxygen atoms in total. The molecule has 1 aliphatic heterocycles. The van der Waals surface area contributed by atoms with E-state index in [1.54, 1.807) is 37.0 Å². The van der Waals surface area contributed by atoms with Crippen LogP contribution in [0, 0.1) is 11.7 Å². The highest BCUT2D eigenvalue weighted by molar-refractivity contribution is 7.99. The van der Waals surface area contributed by atoms with Gasteiger partial charge >= 0.3 is 5.97 Å². The van der Waals surface area contributed by atoms with Gasteiger partial charge in [-0.15, -0.1) is 0 Å². The topological polar surface area (TPSA) is 67.8 Å². The van der Waals surface area contributed by atoms with E-state index >= 15 is 0 Å². The molecule has 0 amide bonds. The number of carboxylic acid groups (broad SMARTS) is 1. The van der Waals surface area contributed by atoms with Gasteiger partial charge in [-0.3, -0.25) is 4.79 Å². The van der Waals surface area contributed by atoms with Crippen LogP contribution < -0.4 is 10.1 Å². The van der Waals surface area contributed by atoms with Crippen molar-refractivity contribution in [3.8, 4) is 5.75 Å². The second-order valence-corrected chi connectivity index (χ2v) is 8.05. The van der Waals surface area contributed by atoms with Crippen LogP contribution in [0.5, 0.6) is 5.75 Å². The molecule has 1 aliphatic rings. The van der Waals surface area contributed by atoms with Gasteiger partial charge in [-0.25, -0.2) is 4.39 Å². The third kappa shape index (κ3) is 5.04. The summed E-state index contributed by atoms with van der Waals surface area (Å²) in [5.41, 5.74) is 0.375. The second kappa shape index (κ2) is 9.41. The van der Waals surface area contributed by atoms with Gasteiger partial charge in [-0.2, -0.15) is 0 Å². The Morgan fingerprint density at radius 2 is 2.14 bits per heavy atom. The SMILES string of the molecule is CNC(C(=O)O)[C@@H]1OC(Sc2cccc(OCc3ccccc3F)c2)C[C@H]1C. The summed E-state index contributed by atoms with van der Waals surface area (Å²) in [5, 5.41) is 12.2. The number of rotatable bonds is 8. The van der Waals surface area contributed by atoms with Crippen molar-refractivity contribution in [3.63, 3.8) is 0 Å². The van der Waals surface area contributed by atoms with Gasteiger partial charge in [0.1, 0.15) is 29.7 Å². The molecule has 28 heavy (non-hydrogen) atoms. The van der Waals surface area contributed by atoms with E-state index < -0.39 is 12.0 Å². The number of hydrogen-bond acceptors (Lipinski definition) is 5. The molecular weight excluding hydrogens is 381 g/mol. The highest BCUT2D eigenvalue weighted by Gasteiger charge is 2.40. The zero-order valence-electron chi connectivity index (χ0n) is 15.8. The van der Waals surface area contributed by atoms with Crippen molar-refractivity contribution < 1.29 is 23.8 Å². The largest absolute Gasteiger partial charge is 0.489 e. The Labute approximate surface area is 168 Å². The Hall–Kier alpha value is -2.09. The smallest absolute Gasteiger partial charge is 0.323 e. The van der Waals surface area contributed by atoms with Crippen molar-refractivity contribution in [2.45, 2.75) is 42.4 Å². The highest BCUT2D eigenvalue weighted by atomic mass is 32.2. The molecule has 0 spiro atoms. The minimum atomic E-state index is -0.909. The molecule has 0 saturated carbocycles. The van der Waals surface area contributed by atoms with Gasteiger partial charge in [-0.05, 0) is 43.7 Å². The first-order valence-corrected chi connectivity index (χ1v) is 10.0. The molecule has 7 heteroatoms. The Morgan fingerprint density at radius 1 is 1.36 bits per heavy atom. The molecule has 2 aromatic rings. The highest BCUT2D eigenvalue weighted by Crippen LogP contribution is 2.38. The molecule has 0 aromatic heterocycles. The van der Waals surface area contributed by atoms with Gasteiger partial charge in [0.25, 0.3) is 0 Å². The molecule has 3 rings (SSSR count). The molecule has 1 saturated heterocycles. The van der Waals surface area contributed by atoms with Crippen LogP contribution in [-0.4, -0.2) is 35.7 Å². The van der Waals surface area contributed by atoms with Crippen LogP contribution >= 0.6 is 11.8 Å². The van der Waals surface area contributed by atoms with E-state index in [0.717, 1.165) is 11.3 Å². The molecule has 150 valence electrons. The van der Waals surface area contributed by atoms with Gasteiger partial charge in [-0.1, -0.05) is 43.0 Å². The predicted molar refractivity (Wildman–Crippen MR) is 106 cm³/mol. The van der Waals surface area contributed by atoms with Crippen molar-refractivity contribution in [2.24, 2.45) is 5.92 Å². The summed E-state index contributed by atoms with van der Waals surface area (Å²) in [6, 6.07) is 13.4. The summed E-state index contributed by atoms with van der Waals surface area (Å²) in [7, 11) is 1.63. The Bertz CT molecular complexity index is 818. The maximum atomic E-state index is 13.7. The monoisotopic (exact) mass is 405 g/mol. The summed E-state index contributed by atoms with van der Waals surface area (Å²) in [6.07, 6.45) is 0.390. The molecular formula is C21H24FNO4S. The summed E-state index contributed by atoms with van der Waals surface area (Å²) < 4.78 is 25.5. The summed E-state index contributed by atoms with van der Waals surface area (Å²) in [4.78, 5) is 12.4. The van der Waals surface area contributed by atoms with Gasteiger partial charge in [0.15, 0.2) is 0 Å². The number of carbonyl (C=O) groups is 1. The van der Waals surface area contributed by atoms with Crippen LogP contribution in [0.2, 0.25) is 0 Å². The number of nitrogens with one attached hydrogen (secondary N) is 1. The molecule has 0 bridgehead atoms. The lowest BCUT2D eigenvalue weighted by Gasteiger charge is -2.22. The second-order valence-electron chi connectivity index (χ2n) is 6.82. The third-order valence-corrected chi connectivity index (χ3v) is 5.86. The summed E-state index contributed by atoms with van der Waals surface area (Å²) in [6.45, 7) is 2.16. The zero-order chi connectivity index (χ0) is 20.1. The first-order valence-electron chi connectivity index (χ1n) is 9.16. The number of benzene rings is 2. The zero-order valence-corrected chi connectivity index (χ0v) is 16.6. The van der Waals surface area contributed by atoms with E-state index in [1.807, 2.05) is 31.2 Å². The maximum absolute atomic E-state index is 13.7. The Balaban J connectivity index is 1.60. The normalized spacial score (nSPS) is 22.8. The minimum Gasteiger partial charge on any atom is -0.489 e. The van der Waals surface area contributed by atoms with Gasteiger partial charge in [0, 0.05) is 10.5 Å². The van der Waals surface area contributed by atoms with Crippen molar-refractivity contribution in [1.29, 1.82) is 0 Å². The van der Waals surface area contributed by atoms with Crippen LogP contribution in [0.25, 0.3) is 0 Å². The predicted octanol–water partition coefficient (Wildman–Crippen LogP) is 3.92. The maximum Gasteiger partial charge on any atom is 0.323 e.